The summed E-state index contributed by atoms with van der Waals surface area (Å²) in [6.45, 7) is 5.51. The van der Waals surface area contributed by atoms with Crippen LogP contribution in [-0.2, 0) is 11.2 Å². The van der Waals surface area contributed by atoms with E-state index < -0.39 is 17.9 Å². The minimum absolute atomic E-state index is 0.237. The SMILES string of the molecule is CCCCc1nc2cc(C(=O)C(C)CC(=O)O)ccc2n1-c1ccc(-c2ccccc2)c(C(=O)O)c1C. The van der Waals surface area contributed by atoms with Gasteiger partial charge < -0.3 is 10.2 Å². The van der Waals surface area contributed by atoms with Crippen molar-refractivity contribution in [1.29, 1.82) is 0 Å². The number of benzene rings is 3. The van der Waals surface area contributed by atoms with E-state index >= 15 is 0 Å². The molecule has 0 aliphatic carbocycles. The van der Waals surface area contributed by atoms with Crippen LogP contribution in [0.4, 0.5) is 0 Å². The molecular formula is C30H30N2O5. The number of aromatic nitrogens is 2. The molecule has 0 radical (unpaired) electrons. The summed E-state index contributed by atoms with van der Waals surface area (Å²) in [5, 5.41) is 19.2. The number of hydrogen-bond donors (Lipinski definition) is 2. The van der Waals surface area contributed by atoms with Gasteiger partial charge in [0.2, 0.25) is 0 Å². The standard InChI is InChI=1S/C30H30N2O5/c1-4-5-11-26-31-23-17-21(29(35)18(2)16-27(33)34)12-14-25(23)32(26)24-15-13-22(20-9-7-6-8-10-20)28(19(24)3)30(36)37/h6-10,12-15,17-18H,4-5,11,16H2,1-3H3,(H,33,34)(H,36,37). The number of ketones is 1. The lowest BCUT2D eigenvalue weighted by molar-refractivity contribution is -0.137. The minimum Gasteiger partial charge on any atom is -0.481 e. The molecule has 1 unspecified atom stereocenters. The third-order valence-corrected chi connectivity index (χ3v) is 6.67. The molecule has 4 rings (SSSR count). The average Bonchev–Trinajstić information content (AvgIpc) is 3.23. The van der Waals surface area contributed by atoms with E-state index in [0.717, 1.165) is 35.4 Å². The molecule has 0 saturated carbocycles. The molecule has 0 aliphatic rings. The normalized spacial score (nSPS) is 12.0. The van der Waals surface area contributed by atoms with E-state index in [2.05, 4.69) is 6.92 Å². The van der Waals surface area contributed by atoms with Gasteiger partial charge in [-0.1, -0.05) is 56.7 Å². The highest BCUT2D eigenvalue weighted by Gasteiger charge is 2.23. The Kier molecular flexibility index (Phi) is 7.53. The summed E-state index contributed by atoms with van der Waals surface area (Å²) in [5.74, 6) is -2.13. The fourth-order valence-corrected chi connectivity index (χ4v) is 4.77. The number of nitrogens with zero attached hydrogens (tertiary/aromatic N) is 2. The summed E-state index contributed by atoms with van der Waals surface area (Å²) < 4.78 is 1.98. The van der Waals surface area contributed by atoms with Crippen molar-refractivity contribution in [2.75, 3.05) is 0 Å². The van der Waals surface area contributed by atoms with E-state index in [9.17, 15) is 19.5 Å². The fourth-order valence-electron chi connectivity index (χ4n) is 4.77. The van der Waals surface area contributed by atoms with Crippen molar-refractivity contribution in [3.63, 3.8) is 0 Å². The lowest BCUT2D eigenvalue weighted by atomic mass is 9.94. The maximum atomic E-state index is 12.8. The van der Waals surface area contributed by atoms with Gasteiger partial charge in [-0.25, -0.2) is 9.78 Å². The van der Waals surface area contributed by atoms with E-state index in [1.807, 2.05) is 60.0 Å². The zero-order chi connectivity index (χ0) is 26.7. The Hall–Kier alpha value is -4.26. The third kappa shape index (κ3) is 5.16. The molecule has 3 aromatic carbocycles. The number of carboxylic acid groups (broad SMARTS) is 2. The minimum atomic E-state index is -1.02. The van der Waals surface area contributed by atoms with Gasteiger partial charge in [-0.15, -0.1) is 0 Å². The maximum Gasteiger partial charge on any atom is 0.336 e. The molecule has 37 heavy (non-hydrogen) atoms. The molecule has 1 heterocycles. The zero-order valence-corrected chi connectivity index (χ0v) is 21.2. The first-order chi connectivity index (χ1) is 17.7. The highest BCUT2D eigenvalue weighted by atomic mass is 16.4. The number of aromatic carboxylic acids is 1. The number of fused-ring (bicyclic) bond motifs is 1. The van der Waals surface area contributed by atoms with Crippen LogP contribution >= 0.6 is 0 Å². The van der Waals surface area contributed by atoms with Crippen LogP contribution in [0, 0.1) is 12.8 Å². The predicted molar refractivity (Wildman–Crippen MR) is 143 cm³/mol. The molecule has 0 saturated heterocycles. The van der Waals surface area contributed by atoms with Crippen LogP contribution in [0.25, 0.3) is 27.8 Å². The molecule has 0 bridgehead atoms. The second kappa shape index (κ2) is 10.8. The van der Waals surface area contributed by atoms with Crippen molar-refractivity contribution in [3.05, 3.63) is 83.2 Å². The van der Waals surface area contributed by atoms with Gasteiger partial charge >= 0.3 is 11.9 Å². The number of carboxylic acids is 2. The Bertz CT molecular complexity index is 1490. The number of hydrogen-bond acceptors (Lipinski definition) is 4. The summed E-state index contributed by atoms with van der Waals surface area (Å²) >= 11 is 0. The van der Waals surface area contributed by atoms with Crippen LogP contribution in [0.5, 0.6) is 0 Å². The summed E-state index contributed by atoms with van der Waals surface area (Å²) in [4.78, 5) is 41.2. The van der Waals surface area contributed by atoms with Gasteiger partial charge in [0.15, 0.2) is 5.78 Å². The topological polar surface area (TPSA) is 109 Å². The average molecular weight is 499 g/mol. The molecule has 7 nitrogen and oxygen atoms in total. The number of carbonyl (C=O) groups excluding carboxylic acids is 1. The van der Waals surface area contributed by atoms with Crippen molar-refractivity contribution >= 4 is 28.8 Å². The second-order valence-corrected chi connectivity index (χ2v) is 9.34. The maximum absolute atomic E-state index is 12.8. The van der Waals surface area contributed by atoms with E-state index in [1.165, 1.54) is 0 Å². The van der Waals surface area contributed by atoms with Gasteiger partial charge in [-0.2, -0.15) is 0 Å². The zero-order valence-electron chi connectivity index (χ0n) is 21.2. The molecule has 0 spiro atoms. The molecule has 1 aromatic heterocycles. The number of imidazole rings is 1. The number of aryl methyl sites for hydroxylation is 1. The van der Waals surface area contributed by atoms with Crippen LogP contribution in [-0.4, -0.2) is 37.5 Å². The smallest absolute Gasteiger partial charge is 0.336 e. The van der Waals surface area contributed by atoms with Crippen molar-refractivity contribution in [2.24, 2.45) is 5.92 Å². The molecule has 2 N–H and O–H groups in total. The first-order valence-corrected chi connectivity index (χ1v) is 12.4. The molecule has 0 aliphatic heterocycles. The van der Waals surface area contributed by atoms with Gasteiger partial charge in [0.05, 0.1) is 28.7 Å². The van der Waals surface area contributed by atoms with Crippen LogP contribution in [0.2, 0.25) is 0 Å². The van der Waals surface area contributed by atoms with Crippen molar-refractivity contribution in [3.8, 4) is 16.8 Å². The van der Waals surface area contributed by atoms with Gasteiger partial charge in [0.25, 0.3) is 0 Å². The monoisotopic (exact) mass is 498 g/mol. The quantitative estimate of drug-likeness (QED) is 0.247. The molecule has 7 heteroatoms. The summed E-state index contributed by atoms with van der Waals surface area (Å²) in [5.41, 5.74) is 4.86. The summed E-state index contributed by atoms with van der Waals surface area (Å²) in [7, 11) is 0. The van der Waals surface area contributed by atoms with E-state index in [1.54, 1.807) is 19.1 Å². The number of Topliss-reactive ketones (excluding diaryl/α,β-unsaturated/α-hetero) is 1. The predicted octanol–water partition coefficient (Wildman–Crippen LogP) is 6.34. The first-order valence-electron chi connectivity index (χ1n) is 12.4. The van der Waals surface area contributed by atoms with Crippen molar-refractivity contribution in [2.45, 2.75) is 46.5 Å². The van der Waals surface area contributed by atoms with E-state index in [0.29, 0.717) is 28.6 Å². The van der Waals surface area contributed by atoms with Crippen molar-refractivity contribution < 1.29 is 24.6 Å². The lowest BCUT2D eigenvalue weighted by Gasteiger charge is -2.17. The Morgan fingerprint density at radius 1 is 1.00 bits per heavy atom. The van der Waals surface area contributed by atoms with Gasteiger partial charge in [0.1, 0.15) is 5.82 Å². The molecule has 0 amide bonds. The summed E-state index contributed by atoms with van der Waals surface area (Å²) in [6.07, 6.45) is 2.31. The molecule has 0 fully saturated rings. The summed E-state index contributed by atoms with van der Waals surface area (Å²) in [6, 6.07) is 18.4. The van der Waals surface area contributed by atoms with E-state index in [-0.39, 0.29) is 17.8 Å². The highest BCUT2D eigenvalue weighted by molar-refractivity contribution is 6.02. The highest BCUT2D eigenvalue weighted by Crippen LogP contribution is 2.33. The van der Waals surface area contributed by atoms with Gasteiger partial charge in [-0.05, 0) is 54.3 Å². The van der Waals surface area contributed by atoms with Crippen LogP contribution in [0.1, 0.15) is 65.2 Å². The molecular weight excluding hydrogens is 468 g/mol. The lowest BCUT2D eigenvalue weighted by Crippen LogP contribution is -2.15. The van der Waals surface area contributed by atoms with Crippen LogP contribution in [0.3, 0.4) is 0 Å². The van der Waals surface area contributed by atoms with E-state index in [4.69, 9.17) is 10.1 Å². The largest absolute Gasteiger partial charge is 0.481 e. The number of rotatable bonds is 10. The first kappa shape index (κ1) is 25.8. The Labute approximate surface area is 215 Å². The fraction of sp³-hybridized carbons (Fsp3) is 0.267. The Morgan fingerprint density at radius 2 is 1.73 bits per heavy atom. The Morgan fingerprint density at radius 3 is 2.38 bits per heavy atom. The molecule has 1 atom stereocenters. The Balaban J connectivity index is 1.89. The number of carbonyl (C=O) groups is 3. The van der Waals surface area contributed by atoms with Crippen molar-refractivity contribution in [1.82, 2.24) is 9.55 Å². The van der Waals surface area contributed by atoms with Gasteiger partial charge in [-0.3, -0.25) is 14.2 Å². The third-order valence-electron chi connectivity index (χ3n) is 6.67. The molecule has 4 aromatic rings. The molecule has 190 valence electrons. The van der Waals surface area contributed by atoms with Crippen LogP contribution in [0.15, 0.2) is 60.7 Å². The number of aliphatic carboxylic acids is 1. The number of unbranched alkanes of at least 4 members (excludes halogenated alkanes) is 1. The second-order valence-electron chi connectivity index (χ2n) is 9.34. The van der Waals surface area contributed by atoms with Gasteiger partial charge in [0, 0.05) is 17.9 Å². The van der Waals surface area contributed by atoms with Crippen LogP contribution < -0.4 is 0 Å².